The summed E-state index contributed by atoms with van der Waals surface area (Å²) in [6, 6.07) is 7.23. The summed E-state index contributed by atoms with van der Waals surface area (Å²) in [6.45, 7) is 3.83. The Balaban J connectivity index is 2.15. The van der Waals surface area contributed by atoms with Crippen LogP contribution in [0.4, 0.5) is 0 Å². The van der Waals surface area contributed by atoms with E-state index in [1.165, 1.54) is 0 Å². The molecule has 1 unspecified atom stereocenters. The molecule has 1 heterocycles. The summed E-state index contributed by atoms with van der Waals surface area (Å²) in [5, 5.41) is 12.6. The van der Waals surface area contributed by atoms with Crippen molar-refractivity contribution >= 4 is 11.1 Å². The molecule has 1 aromatic rings. The molecule has 3 N–H and O–H groups in total. The van der Waals surface area contributed by atoms with Crippen molar-refractivity contribution < 1.29 is 18.6 Å². The molecule has 0 bridgehead atoms. The first kappa shape index (κ1) is 14.6. The highest BCUT2D eigenvalue weighted by atomic mass is 32.2. The van der Waals surface area contributed by atoms with E-state index in [1.54, 1.807) is 0 Å². The lowest BCUT2D eigenvalue weighted by molar-refractivity contribution is -0.0274. The minimum absolute atomic E-state index is 0.00347. The SMILES string of the molecule is CC1(C)N[C@H](CO)[C@@H](c2ccc(CS(=O)O)cc2)O1. The van der Waals surface area contributed by atoms with Gasteiger partial charge in [0.05, 0.1) is 18.4 Å². The van der Waals surface area contributed by atoms with Gasteiger partial charge in [-0.1, -0.05) is 24.3 Å². The Kier molecular flexibility index (Phi) is 4.37. The number of rotatable bonds is 4. The molecule has 6 heteroatoms. The van der Waals surface area contributed by atoms with Crippen LogP contribution in [0.2, 0.25) is 0 Å². The molecule has 3 atom stereocenters. The third kappa shape index (κ3) is 3.61. The van der Waals surface area contributed by atoms with Gasteiger partial charge < -0.3 is 14.4 Å². The molecule has 1 fully saturated rings. The van der Waals surface area contributed by atoms with Crippen molar-refractivity contribution in [3.63, 3.8) is 0 Å². The molecule has 1 aliphatic rings. The van der Waals surface area contributed by atoms with Gasteiger partial charge in [-0.3, -0.25) is 5.32 Å². The van der Waals surface area contributed by atoms with Gasteiger partial charge in [-0.25, -0.2) is 4.21 Å². The Hall–Kier alpha value is -0.790. The Morgan fingerprint density at radius 3 is 2.53 bits per heavy atom. The zero-order valence-electron chi connectivity index (χ0n) is 11.0. The van der Waals surface area contributed by atoms with Crippen LogP contribution in [0.25, 0.3) is 0 Å². The van der Waals surface area contributed by atoms with Crippen molar-refractivity contribution in [1.82, 2.24) is 5.32 Å². The summed E-state index contributed by atoms with van der Waals surface area (Å²) in [5.41, 5.74) is 1.28. The molecule has 0 aromatic heterocycles. The standard InChI is InChI=1S/C13H19NO4S/c1-13(2)14-11(7-15)12(18-13)10-5-3-9(4-6-10)8-19(16)17/h3-6,11-12,14-15H,7-8H2,1-2H3,(H,16,17)/t11-,12-/m1/s1. The fraction of sp³-hybridized carbons (Fsp3) is 0.538. The number of hydrogen-bond acceptors (Lipinski definition) is 4. The maximum absolute atomic E-state index is 10.7. The van der Waals surface area contributed by atoms with Gasteiger partial charge in [0.25, 0.3) is 0 Å². The molecule has 1 aliphatic heterocycles. The summed E-state index contributed by atoms with van der Waals surface area (Å²) in [7, 11) is 0. The van der Waals surface area contributed by atoms with E-state index < -0.39 is 16.8 Å². The van der Waals surface area contributed by atoms with E-state index in [2.05, 4.69) is 5.32 Å². The first-order valence-electron chi connectivity index (χ1n) is 6.14. The molecule has 0 radical (unpaired) electrons. The smallest absolute Gasteiger partial charge is 0.157 e. The van der Waals surface area contributed by atoms with E-state index in [9.17, 15) is 9.32 Å². The quantitative estimate of drug-likeness (QED) is 0.724. The molecule has 1 aromatic carbocycles. The van der Waals surface area contributed by atoms with Gasteiger partial charge in [0.1, 0.15) is 11.8 Å². The molecule has 1 saturated heterocycles. The van der Waals surface area contributed by atoms with Crippen molar-refractivity contribution in [2.45, 2.75) is 37.5 Å². The van der Waals surface area contributed by atoms with Crippen LogP contribution < -0.4 is 5.32 Å². The van der Waals surface area contributed by atoms with Crippen LogP contribution in [-0.4, -0.2) is 32.2 Å². The first-order chi connectivity index (χ1) is 8.91. The summed E-state index contributed by atoms with van der Waals surface area (Å²) in [4.78, 5) is 0. The zero-order valence-corrected chi connectivity index (χ0v) is 11.8. The lowest BCUT2D eigenvalue weighted by atomic mass is 10.0. The molecule has 0 amide bonds. The molecular weight excluding hydrogens is 266 g/mol. The molecule has 0 aliphatic carbocycles. The predicted molar refractivity (Wildman–Crippen MR) is 72.8 cm³/mol. The second-order valence-corrected chi connectivity index (χ2v) is 6.12. The fourth-order valence-corrected chi connectivity index (χ4v) is 2.82. The van der Waals surface area contributed by atoms with Crippen LogP contribution in [0.1, 0.15) is 31.1 Å². The van der Waals surface area contributed by atoms with Crippen LogP contribution in [-0.2, 0) is 21.6 Å². The van der Waals surface area contributed by atoms with Crippen LogP contribution in [0.3, 0.4) is 0 Å². The Labute approximate surface area is 115 Å². The molecule has 0 spiro atoms. The van der Waals surface area contributed by atoms with E-state index in [0.29, 0.717) is 0 Å². The normalized spacial score (nSPS) is 27.4. The third-order valence-corrected chi connectivity index (χ3v) is 3.70. The van der Waals surface area contributed by atoms with Crippen molar-refractivity contribution in [3.8, 4) is 0 Å². The second kappa shape index (κ2) is 5.68. The van der Waals surface area contributed by atoms with E-state index in [1.807, 2.05) is 38.1 Å². The maximum atomic E-state index is 10.7. The van der Waals surface area contributed by atoms with Crippen molar-refractivity contribution in [3.05, 3.63) is 35.4 Å². The van der Waals surface area contributed by atoms with Crippen LogP contribution in [0.5, 0.6) is 0 Å². The van der Waals surface area contributed by atoms with Gasteiger partial charge in [-0.05, 0) is 25.0 Å². The number of aliphatic hydroxyl groups is 1. The van der Waals surface area contributed by atoms with Crippen LogP contribution in [0, 0.1) is 0 Å². The van der Waals surface area contributed by atoms with E-state index in [4.69, 9.17) is 9.29 Å². The van der Waals surface area contributed by atoms with Crippen LogP contribution in [0.15, 0.2) is 24.3 Å². The van der Waals surface area contributed by atoms with Crippen LogP contribution >= 0.6 is 0 Å². The lowest BCUT2D eigenvalue weighted by Crippen LogP contribution is -2.40. The van der Waals surface area contributed by atoms with Gasteiger partial charge in [0.15, 0.2) is 11.1 Å². The predicted octanol–water partition coefficient (Wildman–Crippen LogP) is 1.17. The lowest BCUT2D eigenvalue weighted by Gasteiger charge is -2.18. The fourth-order valence-electron chi connectivity index (χ4n) is 2.34. The zero-order chi connectivity index (χ0) is 14.0. The number of aliphatic hydroxyl groups excluding tert-OH is 1. The van der Waals surface area contributed by atoms with E-state index in [0.717, 1.165) is 11.1 Å². The Morgan fingerprint density at radius 1 is 1.37 bits per heavy atom. The topological polar surface area (TPSA) is 78.8 Å². The van der Waals surface area contributed by atoms with Gasteiger partial charge >= 0.3 is 0 Å². The first-order valence-corrected chi connectivity index (χ1v) is 7.41. The summed E-state index contributed by atoms with van der Waals surface area (Å²) >= 11 is -1.83. The molecule has 106 valence electrons. The van der Waals surface area contributed by atoms with Gasteiger partial charge in [0, 0.05) is 0 Å². The van der Waals surface area contributed by atoms with Gasteiger partial charge in [-0.2, -0.15) is 0 Å². The monoisotopic (exact) mass is 285 g/mol. The molecule has 0 saturated carbocycles. The third-order valence-electron chi connectivity index (χ3n) is 3.12. The number of nitrogens with one attached hydrogen (secondary N) is 1. The van der Waals surface area contributed by atoms with Gasteiger partial charge in [-0.15, -0.1) is 0 Å². The van der Waals surface area contributed by atoms with E-state index in [-0.39, 0.29) is 24.5 Å². The maximum Gasteiger partial charge on any atom is 0.157 e. The highest BCUT2D eigenvalue weighted by molar-refractivity contribution is 7.78. The number of ether oxygens (including phenoxy) is 1. The summed E-state index contributed by atoms with van der Waals surface area (Å²) < 4.78 is 25.5. The highest BCUT2D eigenvalue weighted by Crippen LogP contribution is 2.33. The average Bonchev–Trinajstić information content (AvgIpc) is 2.65. The molecular formula is C13H19NO4S. The van der Waals surface area contributed by atoms with Gasteiger partial charge in [0.2, 0.25) is 0 Å². The minimum Gasteiger partial charge on any atom is -0.395 e. The van der Waals surface area contributed by atoms with Crippen molar-refractivity contribution in [2.75, 3.05) is 6.61 Å². The average molecular weight is 285 g/mol. The highest BCUT2D eigenvalue weighted by Gasteiger charge is 2.39. The number of benzene rings is 1. The van der Waals surface area contributed by atoms with Crippen molar-refractivity contribution in [2.24, 2.45) is 0 Å². The molecule has 19 heavy (non-hydrogen) atoms. The van der Waals surface area contributed by atoms with E-state index >= 15 is 0 Å². The minimum atomic E-state index is -1.83. The summed E-state index contributed by atoms with van der Waals surface area (Å²) in [6.07, 6.45) is -0.214. The molecule has 2 rings (SSSR count). The Bertz CT molecular complexity index is 460. The summed E-state index contributed by atoms with van der Waals surface area (Å²) in [5.74, 6) is 0.124. The second-order valence-electron chi connectivity index (χ2n) is 5.19. The molecule has 5 nitrogen and oxygen atoms in total. The van der Waals surface area contributed by atoms with Crippen molar-refractivity contribution in [1.29, 1.82) is 0 Å². The Morgan fingerprint density at radius 2 is 2.00 bits per heavy atom. The number of hydrogen-bond donors (Lipinski definition) is 3. The largest absolute Gasteiger partial charge is 0.395 e.